The van der Waals surface area contributed by atoms with Crippen LogP contribution >= 0.6 is 0 Å². The minimum atomic E-state index is -0.739. The lowest BCUT2D eigenvalue weighted by molar-refractivity contribution is -0.142. The van der Waals surface area contributed by atoms with Crippen LogP contribution in [0.3, 0.4) is 0 Å². The van der Waals surface area contributed by atoms with Crippen molar-refractivity contribution in [3.63, 3.8) is 0 Å². The second-order valence-corrected chi connectivity index (χ2v) is 6.58. The molecule has 5 heteroatoms. The lowest BCUT2D eigenvalue weighted by Crippen LogP contribution is -2.59. The number of hydrogen-bond donors (Lipinski definition) is 1. The van der Waals surface area contributed by atoms with E-state index in [0.717, 1.165) is 19.5 Å². The Labute approximate surface area is 121 Å². The Morgan fingerprint density at radius 1 is 1.35 bits per heavy atom. The van der Waals surface area contributed by atoms with E-state index in [0.29, 0.717) is 25.3 Å². The van der Waals surface area contributed by atoms with Crippen LogP contribution in [0.5, 0.6) is 0 Å². The van der Waals surface area contributed by atoms with E-state index < -0.39 is 5.54 Å². The largest absolute Gasteiger partial charge is 0.342 e. The number of amides is 2. The lowest BCUT2D eigenvalue weighted by atomic mass is 9.90. The van der Waals surface area contributed by atoms with Gasteiger partial charge < -0.3 is 15.1 Å². The number of hydrogen-bond acceptors (Lipinski definition) is 3. The van der Waals surface area contributed by atoms with Gasteiger partial charge in [-0.2, -0.15) is 0 Å². The summed E-state index contributed by atoms with van der Waals surface area (Å²) in [6.45, 7) is 8.60. The van der Waals surface area contributed by atoms with Gasteiger partial charge >= 0.3 is 0 Å². The van der Waals surface area contributed by atoms with Gasteiger partial charge in [-0.05, 0) is 39.3 Å². The molecule has 0 aromatic heterocycles. The first-order valence-corrected chi connectivity index (χ1v) is 7.68. The van der Waals surface area contributed by atoms with Gasteiger partial charge in [-0.15, -0.1) is 0 Å². The highest BCUT2D eigenvalue weighted by molar-refractivity contribution is 5.93. The molecule has 0 saturated carbocycles. The Morgan fingerprint density at radius 2 is 2.05 bits per heavy atom. The first kappa shape index (κ1) is 15.3. The number of carbonyl (C=O) groups excluding carboxylic acids is 2. The zero-order valence-electron chi connectivity index (χ0n) is 13.1. The molecule has 0 spiro atoms. The van der Waals surface area contributed by atoms with Crippen molar-refractivity contribution in [3.8, 4) is 0 Å². The van der Waals surface area contributed by atoms with Crippen LogP contribution in [0.25, 0.3) is 0 Å². The first-order valence-electron chi connectivity index (χ1n) is 7.68. The molecule has 5 nitrogen and oxygen atoms in total. The summed E-state index contributed by atoms with van der Waals surface area (Å²) in [6, 6.07) is 0.261. The minimum absolute atomic E-state index is 0.00854. The second kappa shape index (κ2) is 5.72. The Hall–Kier alpha value is -1.10. The van der Waals surface area contributed by atoms with Gasteiger partial charge in [0.15, 0.2) is 0 Å². The molecular weight excluding hydrogens is 254 g/mol. The first-order chi connectivity index (χ1) is 9.37. The molecule has 2 amide bonds. The van der Waals surface area contributed by atoms with E-state index >= 15 is 0 Å². The molecule has 0 bridgehead atoms. The highest BCUT2D eigenvalue weighted by Crippen LogP contribution is 2.26. The van der Waals surface area contributed by atoms with Crippen molar-refractivity contribution in [2.75, 3.05) is 26.7 Å². The smallest absolute Gasteiger partial charge is 0.248 e. The third-order valence-electron chi connectivity index (χ3n) is 4.90. The third-order valence-corrected chi connectivity index (χ3v) is 4.90. The molecule has 2 aliphatic rings. The van der Waals surface area contributed by atoms with Gasteiger partial charge in [0.25, 0.3) is 0 Å². The average molecular weight is 281 g/mol. The van der Waals surface area contributed by atoms with Crippen LogP contribution < -0.4 is 5.32 Å². The SMILES string of the molecule is CCC1(C)NC(=O)CCN(C2CCN(C)CC2C)C1=O. The maximum Gasteiger partial charge on any atom is 0.248 e. The molecule has 0 aliphatic carbocycles. The highest BCUT2D eigenvalue weighted by Gasteiger charge is 2.43. The van der Waals surface area contributed by atoms with Crippen molar-refractivity contribution in [2.24, 2.45) is 5.92 Å². The Morgan fingerprint density at radius 3 is 2.65 bits per heavy atom. The topological polar surface area (TPSA) is 52.7 Å². The van der Waals surface area contributed by atoms with E-state index in [2.05, 4.69) is 24.2 Å². The quantitative estimate of drug-likeness (QED) is 0.816. The average Bonchev–Trinajstić information content (AvgIpc) is 2.50. The molecule has 20 heavy (non-hydrogen) atoms. The molecule has 3 unspecified atom stereocenters. The number of nitrogens with zero attached hydrogens (tertiary/aromatic N) is 2. The predicted molar refractivity (Wildman–Crippen MR) is 78.2 cm³/mol. The van der Waals surface area contributed by atoms with E-state index in [9.17, 15) is 9.59 Å². The molecule has 0 aromatic carbocycles. The van der Waals surface area contributed by atoms with E-state index in [4.69, 9.17) is 0 Å². The maximum atomic E-state index is 12.9. The summed E-state index contributed by atoms with van der Waals surface area (Å²) in [5, 5.41) is 2.91. The van der Waals surface area contributed by atoms with E-state index in [1.54, 1.807) is 0 Å². The number of nitrogens with one attached hydrogen (secondary N) is 1. The third kappa shape index (κ3) is 2.82. The van der Waals surface area contributed by atoms with Gasteiger partial charge in [0.1, 0.15) is 5.54 Å². The summed E-state index contributed by atoms with van der Waals surface area (Å²) in [6.07, 6.45) is 2.05. The van der Waals surface area contributed by atoms with Crippen LogP contribution in [-0.4, -0.2) is 59.9 Å². The molecule has 0 aromatic rings. The fraction of sp³-hybridized carbons (Fsp3) is 0.867. The minimum Gasteiger partial charge on any atom is -0.342 e. The monoisotopic (exact) mass is 281 g/mol. The zero-order chi connectivity index (χ0) is 14.9. The normalized spacial score (nSPS) is 36.7. The summed E-state index contributed by atoms with van der Waals surface area (Å²) < 4.78 is 0. The van der Waals surface area contributed by atoms with E-state index in [1.807, 2.05) is 18.7 Å². The molecule has 3 atom stereocenters. The van der Waals surface area contributed by atoms with Crippen molar-refractivity contribution in [1.29, 1.82) is 0 Å². The van der Waals surface area contributed by atoms with Crippen LogP contribution in [0.2, 0.25) is 0 Å². The van der Waals surface area contributed by atoms with Crippen LogP contribution in [0, 0.1) is 5.92 Å². The van der Waals surface area contributed by atoms with E-state index in [-0.39, 0.29) is 17.9 Å². The predicted octanol–water partition coefficient (Wildman–Crippen LogP) is 0.844. The molecule has 2 aliphatic heterocycles. The molecule has 2 rings (SSSR count). The van der Waals surface area contributed by atoms with Gasteiger partial charge in [0, 0.05) is 25.6 Å². The fourth-order valence-electron chi connectivity index (χ4n) is 3.43. The van der Waals surface area contributed by atoms with Gasteiger partial charge in [-0.3, -0.25) is 9.59 Å². The summed E-state index contributed by atoms with van der Waals surface area (Å²) in [7, 11) is 2.12. The summed E-state index contributed by atoms with van der Waals surface area (Å²) in [5.74, 6) is 0.532. The van der Waals surface area contributed by atoms with Crippen molar-refractivity contribution in [3.05, 3.63) is 0 Å². The molecule has 2 fully saturated rings. The van der Waals surface area contributed by atoms with Gasteiger partial charge in [0.05, 0.1) is 0 Å². The second-order valence-electron chi connectivity index (χ2n) is 6.58. The summed E-state index contributed by atoms with van der Waals surface area (Å²) >= 11 is 0. The van der Waals surface area contributed by atoms with Crippen molar-refractivity contribution in [2.45, 2.75) is 51.6 Å². The number of piperidine rings is 1. The summed E-state index contributed by atoms with van der Waals surface area (Å²) in [5.41, 5.74) is -0.739. The van der Waals surface area contributed by atoms with Crippen LogP contribution in [-0.2, 0) is 9.59 Å². The summed E-state index contributed by atoms with van der Waals surface area (Å²) in [4.78, 5) is 29.0. The lowest BCUT2D eigenvalue weighted by Gasteiger charge is -2.43. The standard InChI is InChI=1S/C15H27N3O2/c1-5-15(3)14(20)18(9-7-13(19)16-15)12-6-8-17(4)10-11(12)2/h11-12H,5-10H2,1-4H3,(H,16,19). The molecular formula is C15H27N3O2. The molecule has 114 valence electrons. The number of carbonyl (C=O) groups is 2. The van der Waals surface area contributed by atoms with Crippen molar-refractivity contribution >= 4 is 11.8 Å². The van der Waals surface area contributed by atoms with Gasteiger partial charge in [-0.1, -0.05) is 13.8 Å². The zero-order valence-corrected chi connectivity index (χ0v) is 13.1. The van der Waals surface area contributed by atoms with Gasteiger partial charge in [0.2, 0.25) is 11.8 Å². The van der Waals surface area contributed by atoms with Gasteiger partial charge in [-0.25, -0.2) is 0 Å². The van der Waals surface area contributed by atoms with Crippen molar-refractivity contribution in [1.82, 2.24) is 15.1 Å². The fourth-order valence-corrected chi connectivity index (χ4v) is 3.43. The van der Waals surface area contributed by atoms with Crippen LogP contribution in [0.15, 0.2) is 0 Å². The Kier molecular flexibility index (Phi) is 4.37. The number of likely N-dealkylation sites (tertiary alicyclic amines) is 1. The highest BCUT2D eigenvalue weighted by atomic mass is 16.2. The molecule has 2 saturated heterocycles. The number of rotatable bonds is 2. The maximum absolute atomic E-state index is 12.9. The molecule has 0 radical (unpaired) electrons. The molecule has 2 heterocycles. The van der Waals surface area contributed by atoms with Crippen LogP contribution in [0.4, 0.5) is 0 Å². The Bertz CT molecular complexity index is 399. The molecule has 1 N–H and O–H groups in total. The van der Waals surface area contributed by atoms with Crippen molar-refractivity contribution < 1.29 is 9.59 Å². The van der Waals surface area contributed by atoms with Crippen LogP contribution in [0.1, 0.15) is 40.0 Å². The van der Waals surface area contributed by atoms with E-state index in [1.165, 1.54) is 0 Å². The Balaban J connectivity index is 2.21.